The van der Waals surface area contributed by atoms with Crippen molar-refractivity contribution in [2.24, 2.45) is 0 Å². The molecular formula is C12H14N6O2S. The van der Waals surface area contributed by atoms with Gasteiger partial charge in [-0.1, -0.05) is 23.3 Å². The molecule has 110 valence electrons. The summed E-state index contributed by atoms with van der Waals surface area (Å²) in [6.45, 7) is 2.34. The van der Waals surface area contributed by atoms with Crippen molar-refractivity contribution in [2.45, 2.75) is 13.5 Å². The van der Waals surface area contributed by atoms with E-state index < -0.39 is 0 Å². The number of thiocarbonyl (C=S) groups is 1. The summed E-state index contributed by atoms with van der Waals surface area (Å²) in [6, 6.07) is 9.03. The monoisotopic (exact) mass is 306 g/mol. The molecule has 0 bridgehead atoms. The van der Waals surface area contributed by atoms with Gasteiger partial charge in [0.25, 0.3) is 11.9 Å². The van der Waals surface area contributed by atoms with Crippen LogP contribution < -0.4 is 15.4 Å². The van der Waals surface area contributed by atoms with Crippen LogP contribution >= 0.6 is 12.2 Å². The highest BCUT2D eigenvalue weighted by Crippen LogP contribution is 2.07. The second-order valence-electron chi connectivity index (χ2n) is 3.91. The van der Waals surface area contributed by atoms with Gasteiger partial charge in [-0.2, -0.15) is 4.80 Å². The summed E-state index contributed by atoms with van der Waals surface area (Å²) >= 11 is 4.97. The van der Waals surface area contributed by atoms with Crippen LogP contribution in [0.2, 0.25) is 0 Å². The number of nitrogens with one attached hydrogen (secondary N) is 2. The van der Waals surface area contributed by atoms with Gasteiger partial charge in [-0.25, -0.2) is 0 Å². The van der Waals surface area contributed by atoms with Crippen LogP contribution in [0.15, 0.2) is 30.3 Å². The van der Waals surface area contributed by atoms with Crippen LogP contribution in [0.4, 0.5) is 5.95 Å². The van der Waals surface area contributed by atoms with E-state index in [0.29, 0.717) is 12.3 Å². The van der Waals surface area contributed by atoms with E-state index in [2.05, 4.69) is 26.0 Å². The van der Waals surface area contributed by atoms with Gasteiger partial charge in [0.2, 0.25) is 0 Å². The van der Waals surface area contributed by atoms with Crippen molar-refractivity contribution in [1.29, 1.82) is 0 Å². The minimum Gasteiger partial charge on any atom is -0.484 e. The average molecular weight is 306 g/mol. The Kier molecular flexibility index (Phi) is 5.16. The third kappa shape index (κ3) is 4.80. The van der Waals surface area contributed by atoms with E-state index in [9.17, 15) is 4.79 Å². The molecule has 0 saturated heterocycles. The first-order valence-corrected chi connectivity index (χ1v) is 6.64. The molecule has 1 aromatic carbocycles. The van der Waals surface area contributed by atoms with Gasteiger partial charge >= 0.3 is 0 Å². The van der Waals surface area contributed by atoms with Gasteiger partial charge in [0.1, 0.15) is 5.75 Å². The zero-order valence-electron chi connectivity index (χ0n) is 11.3. The number of benzene rings is 1. The second-order valence-corrected chi connectivity index (χ2v) is 4.31. The maximum atomic E-state index is 11.7. The van der Waals surface area contributed by atoms with Crippen molar-refractivity contribution in [2.75, 3.05) is 11.9 Å². The van der Waals surface area contributed by atoms with Crippen molar-refractivity contribution in [3.8, 4) is 5.75 Å². The standard InChI is InChI=1S/C12H14N6O2S/c1-2-18-16-11(15-17-18)14-12(21)13-10(19)8-20-9-6-4-3-5-7-9/h3-7H,2,8H2,1H3,(H2,13,14,16,19,21). The van der Waals surface area contributed by atoms with E-state index >= 15 is 0 Å². The van der Waals surface area contributed by atoms with E-state index in [1.807, 2.05) is 25.1 Å². The fourth-order valence-corrected chi connectivity index (χ4v) is 1.59. The number of carbonyl (C=O) groups excluding carboxylic acids is 1. The van der Waals surface area contributed by atoms with Crippen LogP contribution in [0.25, 0.3) is 0 Å². The molecule has 0 radical (unpaired) electrons. The maximum Gasteiger partial charge on any atom is 0.269 e. The first kappa shape index (κ1) is 14.9. The fraction of sp³-hybridized carbons (Fsp3) is 0.250. The highest BCUT2D eigenvalue weighted by molar-refractivity contribution is 7.80. The maximum absolute atomic E-state index is 11.7. The quantitative estimate of drug-likeness (QED) is 0.781. The summed E-state index contributed by atoms with van der Waals surface area (Å²) in [5, 5.41) is 16.7. The lowest BCUT2D eigenvalue weighted by Gasteiger charge is -2.08. The number of rotatable bonds is 5. The third-order valence-corrected chi connectivity index (χ3v) is 2.53. The van der Waals surface area contributed by atoms with Gasteiger partial charge < -0.3 is 4.74 Å². The normalized spacial score (nSPS) is 9.95. The van der Waals surface area contributed by atoms with Crippen LogP contribution in [0.3, 0.4) is 0 Å². The number of aryl methyl sites for hydroxylation is 1. The molecule has 0 unspecified atom stereocenters. The molecule has 2 rings (SSSR count). The molecule has 2 aromatic rings. The number of hydrogen-bond donors (Lipinski definition) is 2. The average Bonchev–Trinajstić information content (AvgIpc) is 2.93. The molecule has 2 N–H and O–H groups in total. The van der Waals surface area contributed by atoms with E-state index in [-0.39, 0.29) is 23.6 Å². The van der Waals surface area contributed by atoms with E-state index in [0.717, 1.165) is 0 Å². The number of para-hydroxylation sites is 1. The zero-order valence-corrected chi connectivity index (χ0v) is 12.1. The molecule has 0 aliphatic heterocycles. The minimum atomic E-state index is -0.376. The van der Waals surface area contributed by atoms with Crippen LogP contribution in [-0.4, -0.2) is 37.8 Å². The fourth-order valence-electron chi connectivity index (χ4n) is 1.39. The lowest BCUT2D eigenvalue weighted by atomic mass is 10.3. The Balaban J connectivity index is 1.75. The van der Waals surface area contributed by atoms with Gasteiger partial charge in [-0.05, 0) is 36.5 Å². The van der Waals surface area contributed by atoms with Crippen molar-refractivity contribution in [1.82, 2.24) is 25.5 Å². The van der Waals surface area contributed by atoms with Crippen LogP contribution in [0.1, 0.15) is 6.92 Å². The molecule has 0 atom stereocenters. The minimum absolute atomic E-state index is 0.0901. The Morgan fingerprint density at radius 1 is 1.38 bits per heavy atom. The van der Waals surface area contributed by atoms with Crippen molar-refractivity contribution >= 4 is 29.2 Å². The molecule has 8 nitrogen and oxygen atoms in total. The first-order valence-electron chi connectivity index (χ1n) is 6.24. The molecule has 1 heterocycles. The Hall–Kier alpha value is -2.55. The SMILES string of the molecule is CCn1nnc(NC(=S)NC(=O)COc2ccccc2)n1. The summed E-state index contributed by atoms with van der Waals surface area (Å²) in [5.41, 5.74) is 0. The van der Waals surface area contributed by atoms with Gasteiger partial charge in [-0.15, -0.1) is 5.10 Å². The summed E-state index contributed by atoms with van der Waals surface area (Å²) < 4.78 is 5.29. The molecule has 0 fully saturated rings. The topological polar surface area (TPSA) is 94.0 Å². The Bertz CT molecular complexity index is 615. The predicted octanol–water partition coefficient (Wildman–Crippen LogP) is 0.585. The molecule has 0 saturated carbocycles. The summed E-state index contributed by atoms with van der Waals surface area (Å²) in [6.07, 6.45) is 0. The molecule has 0 spiro atoms. The summed E-state index contributed by atoms with van der Waals surface area (Å²) in [7, 11) is 0. The Morgan fingerprint density at radius 3 is 2.81 bits per heavy atom. The third-order valence-electron chi connectivity index (χ3n) is 2.33. The molecule has 9 heteroatoms. The Labute approximate surface area is 126 Å². The molecule has 1 amide bonds. The summed E-state index contributed by atoms with van der Waals surface area (Å²) in [4.78, 5) is 13.0. The molecule has 21 heavy (non-hydrogen) atoms. The zero-order chi connectivity index (χ0) is 15.1. The molecule has 1 aromatic heterocycles. The number of anilines is 1. The molecule has 0 aliphatic rings. The van der Waals surface area contributed by atoms with E-state index in [1.54, 1.807) is 12.1 Å². The first-order chi connectivity index (χ1) is 10.2. The van der Waals surface area contributed by atoms with Crippen molar-refractivity contribution in [3.05, 3.63) is 30.3 Å². The van der Waals surface area contributed by atoms with Gasteiger partial charge in [0.15, 0.2) is 11.7 Å². The van der Waals surface area contributed by atoms with E-state index in [4.69, 9.17) is 17.0 Å². The Morgan fingerprint density at radius 2 is 2.14 bits per heavy atom. The smallest absolute Gasteiger partial charge is 0.269 e. The summed E-state index contributed by atoms with van der Waals surface area (Å²) in [5.74, 6) is 0.462. The second kappa shape index (κ2) is 7.29. The van der Waals surface area contributed by atoms with Crippen LogP contribution in [-0.2, 0) is 11.3 Å². The number of ether oxygens (including phenoxy) is 1. The lowest BCUT2D eigenvalue weighted by Crippen LogP contribution is -2.37. The van der Waals surface area contributed by atoms with Gasteiger partial charge in [0, 0.05) is 0 Å². The van der Waals surface area contributed by atoms with Crippen molar-refractivity contribution < 1.29 is 9.53 Å². The predicted molar refractivity (Wildman–Crippen MR) is 79.8 cm³/mol. The molecule has 0 aliphatic carbocycles. The van der Waals surface area contributed by atoms with Crippen LogP contribution in [0, 0.1) is 0 Å². The number of carbonyl (C=O) groups is 1. The van der Waals surface area contributed by atoms with Crippen LogP contribution in [0.5, 0.6) is 5.75 Å². The number of aromatic nitrogens is 4. The highest BCUT2D eigenvalue weighted by atomic mass is 32.1. The van der Waals surface area contributed by atoms with E-state index in [1.165, 1.54) is 4.80 Å². The highest BCUT2D eigenvalue weighted by Gasteiger charge is 2.08. The van der Waals surface area contributed by atoms with Gasteiger partial charge in [0.05, 0.1) is 6.54 Å². The number of hydrogen-bond acceptors (Lipinski definition) is 6. The number of nitrogens with zero attached hydrogens (tertiary/aromatic N) is 4. The molecular weight excluding hydrogens is 292 g/mol. The van der Waals surface area contributed by atoms with Gasteiger partial charge in [-0.3, -0.25) is 15.4 Å². The van der Waals surface area contributed by atoms with Crippen molar-refractivity contribution in [3.63, 3.8) is 0 Å². The number of tetrazole rings is 1. The lowest BCUT2D eigenvalue weighted by molar-refractivity contribution is -0.121. The largest absolute Gasteiger partial charge is 0.484 e. The number of amides is 1.